The third-order valence-electron chi connectivity index (χ3n) is 5.89. The third-order valence-corrected chi connectivity index (χ3v) is 5.89. The maximum atomic E-state index is 12.9. The van der Waals surface area contributed by atoms with Crippen molar-refractivity contribution in [3.63, 3.8) is 0 Å². The van der Waals surface area contributed by atoms with Gasteiger partial charge < -0.3 is 28.8 Å². The molecule has 9 nitrogen and oxygen atoms in total. The molecule has 9 heteroatoms. The Kier molecular flexibility index (Phi) is 9.58. The summed E-state index contributed by atoms with van der Waals surface area (Å²) in [4.78, 5) is 38.3. The van der Waals surface area contributed by atoms with Gasteiger partial charge in [-0.2, -0.15) is 0 Å². The number of aliphatic hydroxyl groups excluding tert-OH is 1. The quantitative estimate of drug-likeness (QED) is 0.237. The van der Waals surface area contributed by atoms with Crippen molar-refractivity contribution in [1.82, 2.24) is 0 Å². The third kappa shape index (κ3) is 7.17. The first-order valence-corrected chi connectivity index (χ1v) is 12.3. The van der Waals surface area contributed by atoms with Crippen LogP contribution in [0.2, 0.25) is 0 Å². The number of esters is 3. The largest absolute Gasteiger partial charge is 0.459 e. The zero-order valence-corrected chi connectivity index (χ0v) is 21.0. The maximum Gasteiger partial charge on any atom is 0.338 e. The highest BCUT2D eigenvalue weighted by molar-refractivity contribution is 5.90. The Hall–Kier alpha value is -4.31. The number of rotatable bonds is 10. The summed E-state index contributed by atoms with van der Waals surface area (Å²) in [6, 6.07) is 24.6. The van der Waals surface area contributed by atoms with E-state index in [0.717, 1.165) is 0 Å². The molecule has 5 atom stereocenters. The molecule has 3 aromatic carbocycles. The van der Waals surface area contributed by atoms with Gasteiger partial charge in [0.15, 0.2) is 18.5 Å². The number of carbonyl (C=O) groups is 3. The van der Waals surface area contributed by atoms with Crippen LogP contribution in [-0.4, -0.2) is 66.9 Å². The van der Waals surface area contributed by atoms with Crippen LogP contribution in [0.25, 0.3) is 0 Å². The van der Waals surface area contributed by atoms with Crippen molar-refractivity contribution in [2.24, 2.45) is 0 Å². The highest BCUT2D eigenvalue weighted by Crippen LogP contribution is 2.29. The molecule has 1 N–H and O–H groups in total. The van der Waals surface area contributed by atoms with E-state index in [1.54, 1.807) is 91.0 Å². The van der Waals surface area contributed by atoms with Crippen LogP contribution in [0.3, 0.4) is 0 Å². The van der Waals surface area contributed by atoms with Crippen LogP contribution < -0.4 is 0 Å². The summed E-state index contributed by atoms with van der Waals surface area (Å²) in [6.45, 7) is 3.23. The molecule has 0 unspecified atom stereocenters. The predicted octanol–water partition coefficient (Wildman–Crippen LogP) is 3.58. The van der Waals surface area contributed by atoms with Gasteiger partial charge in [-0.3, -0.25) is 0 Å². The summed E-state index contributed by atoms with van der Waals surface area (Å²) in [7, 11) is 0. The minimum absolute atomic E-state index is 0.00175. The van der Waals surface area contributed by atoms with Crippen molar-refractivity contribution >= 4 is 17.9 Å². The minimum atomic E-state index is -1.59. The molecule has 0 amide bonds. The second-order valence-corrected chi connectivity index (χ2v) is 8.59. The molecule has 202 valence electrons. The molecule has 1 aliphatic rings. The Bertz CT molecular complexity index is 1250. The molecule has 0 saturated carbocycles. The van der Waals surface area contributed by atoms with Crippen molar-refractivity contribution < 1.29 is 43.2 Å². The van der Waals surface area contributed by atoms with E-state index in [2.05, 4.69) is 6.58 Å². The highest BCUT2D eigenvalue weighted by Gasteiger charge is 2.50. The van der Waals surface area contributed by atoms with Crippen molar-refractivity contribution in [3.8, 4) is 0 Å². The van der Waals surface area contributed by atoms with Crippen LogP contribution in [0.15, 0.2) is 104 Å². The first-order chi connectivity index (χ1) is 19.0. The van der Waals surface area contributed by atoms with Gasteiger partial charge in [0, 0.05) is 0 Å². The lowest BCUT2D eigenvalue weighted by Gasteiger charge is -2.42. The fraction of sp³-hybridized carbons (Fsp3) is 0.233. The molecular weight excluding hydrogens is 504 g/mol. The molecule has 0 spiro atoms. The van der Waals surface area contributed by atoms with Crippen molar-refractivity contribution in [3.05, 3.63) is 120 Å². The minimum Gasteiger partial charge on any atom is -0.459 e. The molecule has 1 heterocycles. The topological polar surface area (TPSA) is 118 Å². The molecule has 1 fully saturated rings. The average Bonchev–Trinajstić information content (AvgIpc) is 2.99. The molecule has 39 heavy (non-hydrogen) atoms. The zero-order chi connectivity index (χ0) is 27.6. The number of hydrogen-bond donors (Lipinski definition) is 1. The maximum absolute atomic E-state index is 12.9. The Morgan fingerprint density at radius 2 is 1.21 bits per heavy atom. The summed E-state index contributed by atoms with van der Waals surface area (Å²) in [5.74, 6) is -2.12. The molecule has 1 saturated heterocycles. The molecule has 0 aromatic heterocycles. The molecule has 1 aliphatic heterocycles. The van der Waals surface area contributed by atoms with Crippen molar-refractivity contribution in [2.45, 2.75) is 30.7 Å². The van der Waals surface area contributed by atoms with Gasteiger partial charge in [-0.15, -0.1) is 6.58 Å². The molecule has 0 aliphatic carbocycles. The van der Waals surface area contributed by atoms with E-state index in [1.807, 2.05) is 0 Å². The van der Waals surface area contributed by atoms with Gasteiger partial charge in [-0.1, -0.05) is 60.7 Å². The number of carbonyl (C=O) groups excluding carboxylic acids is 3. The predicted molar refractivity (Wildman–Crippen MR) is 139 cm³/mol. The smallest absolute Gasteiger partial charge is 0.338 e. The number of hydrogen-bond acceptors (Lipinski definition) is 9. The Labute approximate surface area is 225 Å². The van der Waals surface area contributed by atoms with E-state index < -0.39 is 48.6 Å². The normalized spacial score (nSPS) is 22.3. The van der Waals surface area contributed by atoms with Gasteiger partial charge in [0.05, 0.1) is 23.3 Å². The summed E-state index contributed by atoms with van der Waals surface area (Å²) in [5, 5.41) is 11.4. The number of aliphatic hydroxyl groups is 1. The van der Waals surface area contributed by atoms with E-state index in [-0.39, 0.29) is 24.3 Å². The monoisotopic (exact) mass is 532 g/mol. The standard InChI is InChI=1S/C30H28O9/c1-2-18-35-30-26(39-29(34)22-16-10-5-11-17-22)24(31)25(38-28(33)21-14-8-4-9-15-21)23(37-30)19-36-27(32)20-12-6-3-7-13-20/h2-17,23-26,30-31H,1,18-19H2/t23-,24+,25-,26+,30+/m1/s1. The van der Waals surface area contributed by atoms with Crippen molar-refractivity contribution in [2.75, 3.05) is 13.2 Å². The second-order valence-electron chi connectivity index (χ2n) is 8.59. The van der Waals surface area contributed by atoms with E-state index in [1.165, 1.54) is 6.08 Å². The Balaban J connectivity index is 1.58. The van der Waals surface area contributed by atoms with Crippen LogP contribution in [-0.2, 0) is 23.7 Å². The summed E-state index contributed by atoms with van der Waals surface area (Å²) in [6.07, 6.45) is -5.32. The van der Waals surface area contributed by atoms with Crippen LogP contribution in [0.5, 0.6) is 0 Å². The molecule has 3 aromatic rings. The lowest BCUT2D eigenvalue weighted by atomic mass is 9.98. The molecule has 4 rings (SSSR count). The summed E-state index contributed by atoms with van der Waals surface area (Å²) in [5.41, 5.74) is 0.775. The van der Waals surface area contributed by atoms with Gasteiger partial charge in [-0.05, 0) is 36.4 Å². The second kappa shape index (κ2) is 13.5. The van der Waals surface area contributed by atoms with E-state index >= 15 is 0 Å². The van der Waals surface area contributed by atoms with Crippen molar-refractivity contribution in [1.29, 1.82) is 0 Å². The summed E-state index contributed by atoms with van der Waals surface area (Å²) < 4.78 is 28.3. The van der Waals surface area contributed by atoms with E-state index in [9.17, 15) is 19.5 Å². The zero-order valence-electron chi connectivity index (χ0n) is 21.0. The number of ether oxygens (including phenoxy) is 5. The van der Waals surface area contributed by atoms with Gasteiger partial charge in [0.2, 0.25) is 0 Å². The molecular formula is C30H28O9. The van der Waals surface area contributed by atoms with Crippen LogP contribution in [0.1, 0.15) is 31.1 Å². The first kappa shape index (κ1) is 27.7. The fourth-order valence-corrected chi connectivity index (χ4v) is 3.94. The summed E-state index contributed by atoms with van der Waals surface area (Å²) >= 11 is 0. The average molecular weight is 533 g/mol. The fourth-order valence-electron chi connectivity index (χ4n) is 3.94. The lowest BCUT2D eigenvalue weighted by molar-refractivity contribution is -0.296. The molecule has 0 radical (unpaired) electrons. The SMILES string of the molecule is C=CCO[C@H]1O[C@H](COC(=O)c2ccccc2)[C@@H](OC(=O)c2ccccc2)[C@H](O)[C@@H]1OC(=O)c1ccccc1. The van der Waals surface area contributed by atoms with Gasteiger partial charge >= 0.3 is 17.9 Å². The van der Waals surface area contributed by atoms with E-state index in [4.69, 9.17) is 23.7 Å². The number of benzene rings is 3. The molecule has 0 bridgehead atoms. The van der Waals surface area contributed by atoms with Crippen LogP contribution in [0, 0.1) is 0 Å². The Morgan fingerprint density at radius 1 is 0.744 bits per heavy atom. The first-order valence-electron chi connectivity index (χ1n) is 12.3. The van der Waals surface area contributed by atoms with E-state index in [0.29, 0.717) is 5.56 Å². The van der Waals surface area contributed by atoms with Gasteiger partial charge in [0.1, 0.15) is 18.8 Å². The van der Waals surface area contributed by atoms with Gasteiger partial charge in [0.25, 0.3) is 0 Å². The lowest BCUT2D eigenvalue weighted by Crippen LogP contribution is -2.62. The van der Waals surface area contributed by atoms with Crippen LogP contribution in [0.4, 0.5) is 0 Å². The Morgan fingerprint density at radius 3 is 1.69 bits per heavy atom. The van der Waals surface area contributed by atoms with Gasteiger partial charge in [-0.25, -0.2) is 14.4 Å². The van der Waals surface area contributed by atoms with Crippen LogP contribution >= 0.6 is 0 Å². The highest BCUT2D eigenvalue weighted by atomic mass is 16.7.